The van der Waals surface area contributed by atoms with Gasteiger partial charge in [0.2, 0.25) is 0 Å². The standard InChI is InChI=1S/C13H18N4S/c1-10-5-2-3-7-12(10)16-17-13(18)15-11-6-4-8-14-9-11/h4,6,8-10H,2-3,5,7H2,1H3,(H2,15,17,18)/b16-12-/t10-/m0/s1. The molecule has 1 saturated carbocycles. The van der Waals surface area contributed by atoms with Gasteiger partial charge in [-0.15, -0.1) is 0 Å². The molecular formula is C13H18N4S. The second-order valence-electron chi connectivity index (χ2n) is 4.56. The fraction of sp³-hybridized carbons (Fsp3) is 0.462. The number of hydrogen-bond donors (Lipinski definition) is 2. The van der Waals surface area contributed by atoms with Crippen molar-refractivity contribution in [2.45, 2.75) is 32.6 Å². The van der Waals surface area contributed by atoms with E-state index >= 15 is 0 Å². The first kappa shape index (κ1) is 13.0. The Morgan fingerprint density at radius 2 is 2.39 bits per heavy atom. The summed E-state index contributed by atoms with van der Waals surface area (Å²) in [5.74, 6) is 0.562. The van der Waals surface area contributed by atoms with Gasteiger partial charge in [-0.05, 0) is 49.5 Å². The number of nitrogens with one attached hydrogen (secondary N) is 2. The van der Waals surface area contributed by atoms with Crippen molar-refractivity contribution in [1.29, 1.82) is 0 Å². The second-order valence-corrected chi connectivity index (χ2v) is 4.97. The summed E-state index contributed by atoms with van der Waals surface area (Å²) in [6.45, 7) is 2.22. The van der Waals surface area contributed by atoms with Gasteiger partial charge in [-0.1, -0.05) is 13.3 Å². The summed E-state index contributed by atoms with van der Waals surface area (Å²) in [6.07, 6.45) is 8.29. The van der Waals surface area contributed by atoms with Crippen LogP contribution in [0.25, 0.3) is 0 Å². The number of hydrazone groups is 1. The molecule has 0 bridgehead atoms. The third kappa shape index (κ3) is 3.77. The molecule has 2 rings (SSSR count). The van der Waals surface area contributed by atoms with Crippen LogP contribution in [-0.2, 0) is 0 Å². The molecule has 1 aromatic rings. The smallest absolute Gasteiger partial charge is 0.191 e. The normalized spacial score (nSPS) is 21.6. The molecule has 4 nitrogen and oxygen atoms in total. The van der Waals surface area contributed by atoms with E-state index in [1.54, 1.807) is 12.4 Å². The third-order valence-electron chi connectivity index (χ3n) is 3.11. The number of thiocarbonyl (C=S) groups is 1. The Bertz CT molecular complexity index is 430. The molecule has 0 unspecified atom stereocenters. The Labute approximate surface area is 113 Å². The van der Waals surface area contributed by atoms with Crippen LogP contribution in [0.5, 0.6) is 0 Å². The van der Waals surface area contributed by atoms with Crippen molar-refractivity contribution < 1.29 is 0 Å². The van der Waals surface area contributed by atoms with Gasteiger partial charge >= 0.3 is 0 Å². The molecule has 1 aliphatic rings. The van der Waals surface area contributed by atoms with Crippen LogP contribution in [0.2, 0.25) is 0 Å². The molecule has 0 saturated heterocycles. The predicted octanol–water partition coefficient (Wildman–Crippen LogP) is 2.93. The number of anilines is 1. The topological polar surface area (TPSA) is 49.3 Å². The molecular weight excluding hydrogens is 244 g/mol. The third-order valence-corrected chi connectivity index (χ3v) is 3.30. The van der Waals surface area contributed by atoms with E-state index in [0.29, 0.717) is 11.0 Å². The van der Waals surface area contributed by atoms with Crippen LogP contribution in [0, 0.1) is 5.92 Å². The summed E-state index contributed by atoms with van der Waals surface area (Å²) in [4.78, 5) is 4.01. The van der Waals surface area contributed by atoms with Crippen LogP contribution in [0.3, 0.4) is 0 Å². The van der Waals surface area contributed by atoms with Crippen molar-refractivity contribution in [3.63, 3.8) is 0 Å². The molecule has 0 aliphatic heterocycles. The van der Waals surface area contributed by atoms with Gasteiger partial charge in [0.05, 0.1) is 11.9 Å². The molecule has 1 fully saturated rings. The lowest BCUT2D eigenvalue weighted by Crippen LogP contribution is -2.27. The minimum Gasteiger partial charge on any atom is -0.330 e. The lowest BCUT2D eigenvalue weighted by molar-refractivity contribution is 0.555. The number of rotatable bonds is 2. The summed E-state index contributed by atoms with van der Waals surface area (Å²) < 4.78 is 0. The van der Waals surface area contributed by atoms with E-state index in [1.165, 1.54) is 25.0 Å². The van der Waals surface area contributed by atoms with Crippen molar-refractivity contribution >= 4 is 28.7 Å². The zero-order valence-corrected chi connectivity index (χ0v) is 11.3. The zero-order valence-electron chi connectivity index (χ0n) is 10.5. The van der Waals surface area contributed by atoms with Crippen molar-refractivity contribution in [3.05, 3.63) is 24.5 Å². The molecule has 2 N–H and O–H groups in total. The molecule has 0 radical (unpaired) electrons. The van der Waals surface area contributed by atoms with Gasteiger partial charge in [0.25, 0.3) is 0 Å². The van der Waals surface area contributed by atoms with Gasteiger partial charge in [-0.2, -0.15) is 5.10 Å². The first-order valence-corrected chi connectivity index (χ1v) is 6.70. The maximum Gasteiger partial charge on any atom is 0.191 e. The maximum absolute atomic E-state index is 5.19. The highest BCUT2D eigenvalue weighted by molar-refractivity contribution is 7.80. The van der Waals surface area contributed by atoms with Gasteiger partial charge < -0.3 is 5.32 Å². The first-order valence-electron chi connectivity index (χ1n) is 6.29. The van der Waals surface area contributed by atoms with Gasteiger partial charge in [0.1, 0.15) is 0 Å². The van der Waals surface area contributed by atoms with Crippen molar-refractivity contribution in [1.82, 2.24) is 10.4 Å². The number of aromatic nitrogens is 1. The Balaban J connectivity index is 1.86. The molecule has 1 heterocycles. The molecule has 1 aliphatic carbocycles. The quantitative estimate of drug-likeness (QED) is 0.635. The van der Waals surface area contributed by atoms with E-state index in [2.05, 4.69) is 27.8 Å². The van der Waals surface area contributed by atoms with E-state index in [4.69, 9.17) is 12.2 Å². The van der Waals surface area contributed by atoms with E-state index in [0.717, 1.165) is 12.1 Å². The highest BCUT2D eigenvalue weighted by atomic mass is 32.1. The van der Waals surface area contributed by atoms with Crippen LogP contribution in [0.15, 0.2) is 29.6 Å². The minimum absolute atomic E-state index is 0.508. The van der Waals surface area contributed by atoms with Gasteiger partial charge in [-0.3, -0.25) is 10.4 Å². The average molecular weight is 262 g/mol. The van der Waals surface area contributed by atoms with Crippen LogP contribution in [0.4, 0.5) is 5.69 Å². The molecule has 1 atom stereocenters. The summed E-state index contributed by atoms with van der Waals surface area (Å²) in [5, 5.41) is 7.96. The maximum atomic E-state index is 5.19. The zero-order chi connectivity index (χ0) is 12.8. The minimum atomic E-state index is 0.508. The van der Waals surface area contributed by atoms with Gasteiger partial charge in [0.15, 0.2) is 5.11 Å². The average Bonchev–Trinajstić information content (AvgIpc) is 2.39. The van der Waals surface area contributed by atoms with Crippen LogP contribution < -0.4 is 10.7 Å². The number of hydrogen-bond acceptors (Lipinski definition) is 3. The number of pyridine rings is 1. The van der Waals surface area contributed by atoms with E-state index in [9.17, 15) is 0 Å². The molecule has 5 heteroatoms. The summed E-state index contributed by atoms with van der Waals surface area (Å²) >= 11 is 5.19. The Morgan fingerprint density at radius 3 is 3.11 bits per heavy atom. The first-order chi connectivity index (χ1) is 8.75. The fourth-order valence-corrected chi connectivity index (χ4v) is 2.22. The lowest BCUT2D eigenvalue weighted by atomic mass is 9.89. The highest BCUT2D eigenvalue weighted by Crippen LogP contribution is 2.20. The molecule has 1 aromatic heterocycles. The summed E-state index contributed by atoms with van der Waals surface area (Å²) in [6, 6.07) is 3.78. The van der Waals surface area contributed by atoms with Crippen LogP contribution in [0.1, 0.15) is 32.6 Å². The Morgan fingerprint density at radius 1 is 1.50 bits per heavy atom. The second kappa shape index (κ2) is 6.44. The monoisotopic (exact) mass is 262 g/mol. The van der Waals surface area contributed by atoms with Crippen molar-refractivity contribution in [2.24, 2.45) is 11.0 Å². The van der Waals surface area contributed by atoms with E-state index in [1.807, 2.05) is 12.1 Å². The highest BCUT2D eigenvalue weighted by Gasteiger charge is 2.15. The molecule has 0 spiro atoms. The Hall–Kier alpha value is -1.49. The SMILES string of the molecule is C[C@H]1CCCC/C1=N/NC(=S)Nc1cccnc1. The predicted molar refractivity (Wildman–Crippen MR) is 78.7 cm³/mol. The summed E-state index contributed by atoms with van der Waals surface area (Å²) in [7, 11) is 0. The van der Waals surface area contributed by atoms with Crippen molar-refractivity contribution in [2.75, 3.05) is 5.32 Å². The van der Waals surface area contributed by atoms with Gasteiger partial charge in [-0.25, -0.2) is 0 Å². The van der Waals surface area contributed by atoms with Crippen LogP contribution >= 0.6 is 12.2 Å². The molecule has 18 heavy (non-hydrogen) atoms. The molecule has 96 valence electrons. The Kier molecular flexibility index (Phi) is 4.64. The van der Waals surface area contributed by atoms with E-state index < -0.39 is 0 Å². The van der Waals surface area contributed by atoms with Crippen LogP contribution in [-0.4, -0.2) is 15.8 Å². The molecule has 0 amide bonds. The molecule has 0 aromatic carbocycles. The van der Waals surface area contributed by atoms with E-state index in [-0.39, 0.29) is 0 Å². The lowest BCUT2D eigenvalue weighted by Gasteiger charge is -2.20. The van der Waals surface area contributed by atoms with Crippen molar-refractivity contribution in [3.8, 4) is 0 Å². The summed E-state index contributed by atoms with van der Waals surface area (Å²) in [5.41, 5.74) is 5.00. The fourth-order valence-electron chi connectivity index (χ4n) is 2.05. The largest absolute Gasteiger partial charge is 0.330 e. The number of nitrogens with zero attached hydrogens (tertiary/aromatic N) is 2. The van der Waals surface area contributed by atoms with Gasteiger partial charge in [0, 0.05) is 11.9 Å².